The predicted octanol–water partition coefficient (Wildman–Crippen LogP) is 6.58. The van der Waals surface area contributed by atoms with Crippen LogP contribution < -0.4 is 14.8 Å². The molecule has 0 N–H and O–H groups in total. The number of fused-ring (bicyclic) bond motifs is 1. The molecule has 31 heavy (non-hydrogen) atoms. The van der Waals surface area contributed by atoms with Gasteiger partial charge < -0.3 is 13.9 Å². The van der Waals surface area contributed by atoms with Crippen molar-refractivity contribution in [1.29, 1.82) is 0 Å². The van der Waals surface area contributed by atoms with E-state index in [-0.39, 0.29) is 0 Å². The van der Waals surface area contributed by atoms with Crippen molar-refractivity contribution in [3.8, 4) is 22.6 Å². The van der Waals surface area contributed by atoms with Crippen molar-refractivity contribution in [2.45, 2.75) is 27.7 Å². The summed E-state index contributed by atoms with van der Waals surface area (Å²) in [6.07, 6.45) is 0. The Hall–Kier alpha value is -3.53. The topological polar surface area (TPSA) is 44.0 Å². The number of ether oxygens (including phenoxy) is 2. The molecule has 0 unspecified atom stereocenters. The van der Waals surface area contributed by atoms with E-state index in [1.807, 2.05) is 50.2 Å². The fourth-order valence-electron chi connectivity index (χ4n) is 3.90. The summed E-state index contributed by atoms with van der Waals surface area (Å²) in [5, 5.41) is 2.76. The Morgan fingerprint density at radius 3 is 2.03 bits per heavy atom. The van der Waals surface area contributed by atoms with E-state index in [0.29, 0.717) is 0 Å². The molecule has 0 spiro atoms. The Bertz CT molecular complexity index is 1330. The van der Waals surface area contributed by atoms with Crippen molar-refractivity contribution in [2.24, 2.45) is 4.99 Å². The third-order valence-corrected chi connectivity index (χ3v) is 5.72. The van der Waals surface area contributed by atoms with Crippen LogP contribution in [0.4, 0.5) is 5.69 Å². The number of benzene rings is 2. The number of rotatable bonds is 4. The maximum atomic E-state index is 5.99. The molecule has 1 aromatic heterocycles. The van der Waals surface area contributed by atoms with Crippen LogP contribution >= 0.6 is 0 Å². The minimum Gasteiger partial charge on any atom is -0.497 e. The van der Waals surface area contributed by atoms with Crippen molar-refractivity contribution in [1.82, 2.24) is 0 Å². The highest BCUT2D eigenvalue weighted by molar-refractivity contribution is 5.93. The average Bonchev–Trinajstić information content (AvgIpc) is 2.96. The second-order valence-corrected chi connectivity index (χ2v) is 7.77. The molecule has 4 heteroatoms. The van der Waals surface area contributed by atoms with Gasteiger partial charge in [0.2, 0.25) is 0 Å². The highest BCUT2D eigenvalue weighted by Crippen LogP contribution is 2.34. The zero-order valence-electron chi connectivity index (χ0n) is 18.9. The first kappa shape index (κ1) is 20.7. The van der Waals surface area contributed by atoms with E-state index in [9.17, 15) is 0 Å². The molecule has 0 fully saturated rings. The van der Waals surface area contributed by atoms with Crippen molar-refractivity contribution in [2.75, 3.05) is 14.2 Å². The number of nitrogens with zero attached hydrogens (tertiary/aromatic N) is 1. The third-order valence-electron chi connectivity index (χ3n) is 5.72. The van der Waals surface area contributed by atoms with Gasteiger partial charge in [-0.2, -0.15) is 0 Å². The van der Waals surface area contributed by atoms with Gasteiger partial charge in [0.1, 0.15) is 23.0 Å². The number of methoxy groups -OCH3 is 2. The van der Waals surface area contributed by atoms with Crippen LogP contribution in [0.1, 0.15) is 22.6 Å². The first-order valence-electron chi connectivity index (χ1n) is 10.3. The summed E-state index contributed by atoms with van der Waals surface area (Å²) in [5.41, 5.74) is 5.44. The predicted molar refractivity (Wildman–Crippen MR) is 125 cm³/mol. The van der Waals surface area contributed by atoms with Crippen molar-refractivity contribution in [3.05, 3.63) is 82.6 Å². The molecule has 0 amide bonds. The lowest BCUT2D eigenvalue weighted by atomic mass is 10.1. The number of furan rings is 1. The Balaban J connectivity index is 2.09. The standard InChI is InChI=1S/C27H27NO3/c1-16-7-10-22(13-17(16)2)28-24-14-21(20-8-11-23(29-5)12-9-20)15-25(30-6)27-19(4)31-18(3)26(24)27/h7-15H,1-6H3. The maximum Gasteiger partial charge on any atom is 0.130 e. The monoisotopic (exact) mass is 413 g/mol. The summed E-state index contributed by atoms with van der Waals surface area (Å²) in [4.78, 5) is 5.04. The summed E-state index contributed by atoms with van der Waals surface area (Å²) in [7, 11) is 3.36. The van der Waals surface area contributed by atoms with Gasteiger partial charge >= 0.3 is 0 Å². The van der Waals surface area contributed by atoms with E-state index < -0.39 is 0 Å². The van der Waals surface area contributed by atoms with Gasteiger partial charge in [0.15, 0.2) is 0 Å². The normalized spacial score (nSPS) is 11.7. The van der Waals surface area contributed by atoms with Gasteiger partial charge in [0, 0.05) is 0 Å². The summed E-state index contributed by atoms with van der Waals surface area (Å²) >= 11 is 0. The molecule has 0 aliphatic carbocycles. The summed E-state index contributed by atoms with van der Waals surface area (Å²) < 4.78 is 17.1. The van der Waals surface area contributed by atoms with E-state index in [2.05, 4.69) is 32.0 Å². The molecule has 0 atom stereocenters. The number of hydrogen-bond donors (Lipinski definition) is 0. The van der Waals surface area contributed by atoms with Crippen LogP contribution in [0.5, 0.6) is 11.5 Å². The quantitative estimate of drug-likeness (QED) is 0.379. The minimum absolute atomic E-state index is 0.761. The summed E-state index contributed by atoms with van der Waals surface area (Å²) in [6, 6.07) is 18.4. The van der Waals surface area contributed by atoms with Crippen LogP contribution in [0, 0.1) is 27.7 Å². The molecule has 4 aromatic rings. The van der Waals surface area contributed by atoms with Gasteiger partial charge in [-0.15, -0.1) is 0 Å². The lowest BCUT2D eigenvalue weighted by Crippen LogP contribution is -2.00. The molecule has 0 saturated heterocycles. The first-order valence-corrected chi connectivity index (χ1v) is 10.3. The van der Waals surface area contributed by atoms with E-state index in [4.69, 9.17) is 18.9 Å². The molecule has 4 nitrogen and oxygen atoms in total. The molecule has 0 bridgehead atoms. The lowest BCUT2D eigenvalue weighted by Gasteiger charge is -2.04. The zero-order chi connectivity index (χ0) is 22.1. The first-order chi connectivity index (χ1) is 14.9. The van der Waals surface area contributed by atoms with Gasteiger partial charge in [0.05, 0.1) is 36.0 Å². The third kappa shape index (κ3) is 3.93. The largest absolute Gasteiger partial charge is 0.497 e. The molecule has 0 aliphatic rings. The Labute approximate surface area is 182 Å². The lowest BCUT2D eigenvalue weighted by molar-refractivity contribution is 0.415. The average molecular weight is 414 g/mol. The van der Waals surface area contributed by atoms with Crippen molar-refractivity contribution in [3.63, 3.8) is 0 Å². The molecule has 1 heterocycles. The van der Waals surface area contributed by atoms with Crippen LogP contribution in [-0.4, -0.2) is 14.2 Å². The van der Waals surface area contributed by atoms with Gasteiger partial charge in [0.25, 0.3) is 0 Å². The van der Waals surface area contributed by atoms with Crippen molar-refractivity contribution < 1.29 is 13.9 Å². The summed E-state index contributed by atoms with van der Waals surface area (Å²) in [5.74, 6) is 3.22. The molecular weight excluding hydrogens is 386 g/mol. The number of aryl methyl sites for hydroxylation is 4. The smallest absolute Gasteiger partial charge is 0.130 e. The highest BCUT2D eigenvalue weighted by atomic mass is 16.5. The SMILES string of the molecule is COc1ccc(-c2cc(OC)c3c(C)oc(C)c3c(=Nc3ccc(C)c(C)c3)c2)cc1. The van der Waals surface area contributed by atoms with E-state index >= 15 is 0 Å². The van der Waals surface area contributed by atoms with Gasteiger partial charge in [-0.25, -0.2) is 4.99 Å². The molecule has 0 radical (unpaired) electrons. The Kier molecular flexibility index (Phi) is 5.55. The molecule has 158 valence electrons. The van der Waals surface area contributed by atoms with Crippen LogP contribution in [0.25, 0.3) is 21.9 Å². The molecular formula is C27H27NO3. The van der Waals surface area contributed by atoms with Crippen LogP contribution in [0.2, 0.25) is 0 Å². The Morgan fingerprint density at radius 1 is 0.677 bits per heavy atom. The minimum atomic E-state index is 0.761. The van der Waals surface area contributed by atoms with Crippen molar-refractivity contribution >= 4 is 16.5 Å². The van der Waals surface area contributed by atoms with E-state index in [1.54, 1.807) is 14.2 Å². The number of hydrogen-bond acceptors (Lipinski definition) is 4. The molecule has 0 aliphatic heterocycles. The second kappa shape index (κ2) is 8.31. The zero-order valence-corrected chi connectivity index (χ0v) is 18.9. The van der Waals surface area contributed by atoms with E-state index in [1.165, 1.54) is 11.1 Å². The summed E-state index contributed by atoms with van der Waals surface area (Å²) in [6.45, 7) is 8.15. The van der Waals surface area contributed by atoms with Gasteiger partial charge in [-0.1, -0.05) is 18.2 Å². The molecule has 4 rings (SSSR count). The van der Waals surface area contributed by atoms with Gasteiger partial charge in [-0.05, 0) is 86.3 Å². The maximum absolute atomic E-state index is 5.99. The Morgan fingerprint density at radius 2 is 1.39 bits per heavy atom. The fraction of sp³-hybridized carbons (Fsp3) is 0.222. The highest BCUT2D eigenvalue weighted by Gasteiger charge is 2.15. The van der Waals surface area contributed by atoms with E-state index in [0.717, 1.165) is 56.0 Å². The molecule has 0 saturated carbocycles. The second-order valence-electron chi connectivity index (χ2n) is 7.77. The van der Waals surface area contributed by atoms with Crippen LogP contribution in [0.15, 0.2) is 64.0 Å². The van der Waals surface area contributed by atoms with Gasteiger partial charge in [-0.3, -0.25) is 0 Å². The fourth-order valence-corrected chi connectivity index (χ4v) is 3.90. The molecule has 3 aromatic carbocycles. The van der Waals surface area contributed by atoms with Crippen LogP contribution in [0.3, 0.4) is 0 Å². The van der Waals surface area contributed by atoms with Crippen LogP contribution in [-0.2, 0) is 0 Å².